The van der Waals surface area contributed by atoms with Crippen molar-refractivity contribution in [3.8, 4) is 0 Å². The molecule has 0 spiro atoms. The van der Waals surface area contributed by atoms with Crippen LogP contribution in [0, 0.1) is 5.82 Å². The van der Waals surface area contributed by atoms with Gasteiger partial charge in [0.1, 0.15) is 16.3 Å². The molecule has 2 aromatic carbocycles. The summed E-state index contributed by atoms with van der Waals surface area (Å²) in [5, 5.41) is 0. The van der Waals surface area contributed by atoms with Gasteiger partial charge in [-0.05, 0) is 43.4 Å². The van der Waals surface area contributed by atoms with Gasteiger partial charge >= 0.3 is 7.12 Å². The van der Waals surface area contributed by atoms with Crippen molar-refractivity contribution in [1.29, 1.82) is 0 Å². The van der Waals surface area contributed by atoms with Crippen molar-refractivity contribution in [3.63, 3.8) is 0 Å². The van der Waals surface area contributed by atoms with Gasteiger partial charge in [0.25, 0.3) is 0 Å². The largest absolute Gasteiger partial charge is 0.563 e. The van der Waals surface area contributed by atoms with Gasteiger partial charge < -0.3 is 9.31 Å². The van der Waals surface area contributed by atoms with Crippen LogP contribution in [0.2, 0.25) is 0 Å². The zero-order valence-corrected chi connectivity index (χ0v) is 16.1. The molecule has 1 heterocycles. The fourth-order valence-electron chi connectivity index (χ4n) is 2.68. The summed E-state index contributed by atoms with van der Waals surface area (Å²) >= 11 is 0. The molecule has 142 valence electrons. The average Bonchev–Trinajstić information content (AvgIpc) is 2.89. The molecule has 0 aliphatic carbocycles. The minimum atomic E-state index is -3.88. The van der Waals surface area contributed by atoms with E-state index in [4.69, 9.17) is 9.31 Å². The second-order valence-corrected chi connectivity index (χ2v) is 8.56. The van der Waals surface area contributed by atoms with E-state index in [0.717, 1.165) is 17.1 Å². The lowest BCUT2D eigenvalue weighted by Gasteiger charge is -2.15. The normalized spacial score (nSPS) is 16.4. The fourth-order valence-corrected chi connectivity index (χ4v) is 3.78. The third kappa shape index (κ3) is 4.40. The van der Waals surface area contributed by atoms with Crippen molar-refractivity contribution < 1.29 is 22.1 Å². The molecule has 3 rings (SSSR count). The number of halogens is 1. The van der Waals surface area contributed by atoms with E-state index < -0.39 is 28.6 Å². The number of benzene rings is 2. The van der Waals surface area contributed by atoms with Crippen LogP contribution in [0.3, 0.4) is 0 Å². The van der Waals surface area contributed by atoms with Crippen molar-refractivity contribution in [2.24, 2.45) is 0 Å². The fraction of sp³-hybridized carbons (Fsp3) is 0.263. The summed E-state index contributed by atoms with van der Waals surface area (Å²) in [5.74, 6) is -0.186. The lowest BCUT2D eigenvalue weighted by Crippen LogP contribution is -2.34. The molecule has 2 aromatic rings. The van der Waals surface area contributed by atoms with Crippen molar-refractivity contribution in [1.82, 2.24) is 4.72 Å². The second kappa shape index (κ2) is 7.46. The number of rotatable bonds is 6. The predicted octanol–water partition coefficient (Wildman–Crippen LogP) is 2.38. The van der Waals surface area contributed by atoms with Crippen molar-refractivity contribution in [2.45, 2.75) is 30.8 Å². The minimum Gasteiger partial charge on any atom is -0.534 e. The zero-order chi connectivity index (χ0) is 19.7. The average molecular weight is 389 g/mol. The van der Waals surface area contributed by atoms with E-state index in [1.165, 1.54) is 18.2 Å². The Labute approximate surface area is 159 Å². The van der Waals surface area contributed by atoms with Crippen molar-refractivity contribution in [2.75, 3.05) is 6.54 Å². The predicted molar refractivity (Wildman–Crippen MR) is 103 cm³/mol. The molecule has 0 bridgehead atoms. The Balaban J connectivity index is 1.58. The molecular formula is C19H21BFNO4S. The molecule has 8 heteroatoms. The van der Waals surface area contributed by atoms with Crippen LogP contribution in [-0.4, -0.2) is 27.7 Å². The minimum absolute atomic E-state index is 0.163. The first-order chi connectivity index (χ1) is 12.7. The summed E-state index contributed by atoms with van der Waals surface area (Å²) in [6.45, 7) is 7.81. The summed E-state index contributed by atoms with van der Waals surface area (Å²) < 4.78 is 51.9. The molecule has 1 saturated heterocycles. The highest BCUT2D eigenvalue weighted by Crippen LogP contribution is 2.29. The van der Waals surface area contributed by atoms with Gasteiger partial charge in [-0.2, -0.15) is 0 Å². The highest BCUT2D eigenvalue weighted by Gasteiger charge is 2.42. The van der Waals surface area contributed by atoms with E-state index in [1.54, 1.807) is 0 Å². The molecule has 0 saturated carbocycles. The first kappa shape index (κ1) is 19.6. The number of hydrogen-bond acceptors (Lipinski definition) is 4. The van der Waals surface area contributed by atoms with E-state index in [1.807, 2.05) is 38.1 Å². The maximum absolute atomic E-state index is 13.7. The van der Waals surface area contributed by atoms with E-state index in [0.29, 0.717) is 12.2 Å². The highest BCUT2D eigenvalue weighted by molar-refractivity contribution is 7.89. The number of sulfonamides is 1. The number of hydrogen-bond donors (Lipinski definition) is 1. The van der Waals surface area contributed by atoms with Crippen LogP contribution in [0.1, 0.15) is 19.4 Å². The molecule has 1 aliphatic heterocycles. The maximum Gasteiger partial charge on any atom is 0.563 e. The van der Waals surface area contributed by atoms with Gasteiger partial charge in [0.15, 0.2) is 0 Å². The summed E-state index contributed by atoms with van der Waals surface area (Å²) in [6, 6.07) is 12.8. The van der Waals surface area contributed by atoms with Gasteiger partial charge in [-0.25, -0.2) is 17.5 Å². The van der Waals surface area contributed by atoms with Gasteiger partial charge in [-0.1, -0.05) is 43.0 Å². The smallest absolute Gasteiger partial charge is 0.534 e. The van der Waals surface area contributed by atoms with Crippen molar-refractivity contribution >= 4 is 22.6 Å². The quantitative estimate of drug-likeness (QED) is 0.771. The first-order valence-corrected chi connectivity index (χ1v) is 10.0. The van der Waals surface area contributed by atoms with E-state index in [-0.39, 0.29) is 11.4 Å². The molecule has 0 amide bonds. The Morgan fingerprint density at radius 3 is 2.41 bits per heavy atom. The topological polar surface area (TPSA) is 64.6 Å². The third-order valence-corrected chi connectivity index (χ3v) is 5.90. The molecule has 0 unspecified atom stereocenters. The first-order valence-electron chi connectivity index (χ1n) is 8.56. The lowest BCUT2D eigenvalue weighted by molar-refractivity contribution is 0.173. The Kier molecular flexibility index (Phi) is 5.42. The molecule has 1 aliphatic rings. The van der Waals surface area contributed by atoms with Gasteiger partial charge in [0.2, 0.25) is 10.0 Å². The van der Waals surface area contributed by atoms with Crippen LogP contribution in [0.15, 0.2) is 65.8 Å². The standard InChI is InChI=1S/C19H21BFNO4S/c1-14-19(2,3)26-20(25-14)16-10-8-15(9-11-16)12-13-22-27(23,24)18-7-5-4-6-17(18)21/h4-11,22H,1,12-13H2,2-3H3. The van der Waals surface area contributed by atoms with Crippen LogP contribution < -0.4 is 10.2 Å². The molecule has 1 fully saturated rings. The van der Waals surface area contributed by atoms with Crippen LogP contribution in [0.4, 0.5) is 4.39 Å². The second-order valence-electron chi connectivity index (χ2n) is 6.82. The van der Waals surface area contributed by atoms with Gasteiger partial charge in [-0.3, -0.25) is 0 Å². The Morgan fingerprint density at radius 1 is 1.15 bits per heavy atom. The van der Waals surface area contributed by atoms with Crippen LogP contribution in [0.5, 0.6) is 0 Å². The molecule has 0 aromatic heterocycles. The third-order valence-electron chi connectivity index (χ3n) is 4.41. The van der Waals surface area contributed by atoms with E-state index in [2.05, 4.69) is 11.3 Å². The molecule has 0 radical (unpaired) electrons. The molecule has 1 N–H and O–H groups in total. The molecular weight excluding hydrogens is 368 g/mol. The zero-order valence-electron chi connectivity index (χ0n) is 15.2. The monoisotopic (exact) mass is 389 g/mol. The van der Waals surface area contributed by atoms with Crippen LogP contribution >= 0.6 is 0 Å². The molecule has 5 nitrogen and oxygen atoms in total. The van der Waals surface area contributed by atoms with Crippen LogP contribution in [-0.2, 0) is 25.8 Å². The summed E-state index contributed by atoms with van der Waals surface area (Å²) in [5.41, 5.74) is 1.26. The van der Waals surface area contributed by atoms with E-state index >= 15 is 0 Å². The highest BCUT2D eigenvalue weighted by atomic mass is 32.2. The molecule has 0 atom stereocenters. The van der Waals surface area contributed by atoms with E-state index in [9.17, 15) is 12.8 Å². The van der Waals surface area contributed by atoms with Crippen molar-refractivity contribution in [3.05, 3.63) is 72.2 Å². The van der Waals surface area contributed by atoms with Gasteiger partial charge in [0, 0.05) is 6.54 Å². The summed E-state index contributed by atoms with van der Waals surface area (Å²) in [7, 11) is -4.38. The summed E-state index contributed by atoms with van der Waals surface area (Å²) in [4.78, 5) is -0.348. The number of nitrogens with one attached hydrogen (secondary N) is 1. The Hall–Kier alpha value is -2.16. The van der Waals surface area contributed by atoms with Gasteiger partial charge in [-0.15, -0.1) is 0 Å². The van der Waals surface area contributed by atoms with Gasteiger partial charge in [0.05, 0.1) is 5.76 Å². The lowest BCUT2D eigenvalue weighted by atomic mass is 9.79. The SMILES string of the molecule is C=C1OB(c2ccc(CCNS(=O)(=O)c3ccccc3F)cc2)OC1(C)C. The van der Waals surface area contributed by atoms with Crippen LogP contribution in [0.25, 0.3) is 0 Å². The maximum atomic E-state index is 13.7. The summed E-state index contributed by atoms with van der Waals surface area (Å²) in [6.07, 6.45) is 0.471. The molecule has 27 heavy (non-hydrogen) atoms. The Bertz CT molecular complexity index is 944. The Morgan fingerprint density at radius 2 is 1.81 bits per heavy atom.